The number of furan rings is 1. The van der Waals surface area contributed by atoms with Crippen LogP contribution in [0.15, 0.2) is 46.2 Å². The summed E-state index contributed by atoms with van der Waals surface area (Å²) in [5.74, 6) is 3.10. The van der Waals surface area contributed by atoms with E-state index in [4.69, 9.17) is 13.9 Å². The highest BCUT2D eigenvalue weighted by Crippen LogP contribution is 2.30. The molecule has 1 amide bonds. The normalized spacial score (nSPS) is 12.7. The topological polar surface area (TPSA) is 91.4 Å². The molecule has 0 bridgehead atoms. The Kier molecular flexibility index (Phi) is 6.04. The van der Waals surface area contributed by atoms with E-state index in [1.807, 2.05) is 41.8 Å². The molecule has 9 heteroatoms. The van der Waals surface area contributed by atoms with E-state index in [1.54, 1.807) is 6.26 Å². The van der Waals surface area contributed by atoms with Crippen LogP contribution in [0.5, 0.6) is 11.5 Å². The fraction of sp³-hybridized carbons (Fsp3) is 0.350. The number of nitrogens with one attached hydrogen (secondary N) is 1. The molecule has 1 aliphatic heterocycles. The fourth-order valence-electron chi connectivity index (χ4n) is 3.04. The molecule has 0 unspecified atom stereocenters. The Bertz CT molecular complexity index is 971. The van der Waals surface area contributed by atoms with Crippen molar-refractivity contribution in [1.82, 2.24) is 20.1 Å². The lowest BCUT2D eigenvalue weighted by Crippen LogP contribution is -2.27. The first kappa shape index (κ1) is 19.4. The van der Waals surface area contributed by atoms with E-state index in [-0.39, 0.29) is 11.7 Å². The standard InChI is InChI=1S/C20H22N4O4S/c1-2-24-19(16-4-3-9-26-16)22-23-20(24)29-13-18(25)21-8-7-14-5-6-15-17(12-14)28-11-10-27-15/h3-6,9,12H,2,7-8,10-11,13H2,1H3,(H,21,25). The summed E-state index contributed by atoms with van der Waals surface area (Å²) in [4.78, 5) is 12.2. The second-order valence-electron chi connectivity index (χ2n) is 6.39. The Morgan fingerprint density at radius 3 is 2.86 bits per heavy atom. The Hall–Kier alpha value is -2.94. The zero-order valence-corrected chi connectivity index (χ0v) is 16.9. The molecule has 1 aliphatic rings. The van der Waals surface area contributed by atoms with Crippen LogP contribution in [0.3, 0.4) is 0 Å². The van der Waals surface area contributed by atoms with Gasteiger partial charge in [-0.15, -0.1) is 10.2 Å². The first-order chi connectivity index (χ1) is 14.2. The first-order valence-electron chi connectivity index (χ1n) is 9.49. The van der Waals surface area contributed by atoms with Crippen LogP contribution in [0.2, 0.25) is 0 Å². The van der Waals surface area contributed by atoms with Crippen molar-refractivity contribution in [2.45, 2.75) is 25.0 Å². The Balaban J connectivity index is 1.26. The van der Waals surface area contributed by atoms with E-state index in [2.05, 4.69) is 15.5 Å². The molecule has 2 aromatic heterocycles. The molecule has 0 atom stereocenters. The maximum atomic E-state index is 12.2. The number of carbonyl (C=O) groups is 1. The van der Waals surface area contributed by atoms with Crippen molar-refractivity contribution in [3.63, 3.8) is 0 Å². The number of hydrogen-bond donors (Lipinski definition) is 1. The van der Waals surface area contributed by atoms with Gasteiger partial charge in [0.05, 0.1) is 12.0 Å². The molecule has 3 aromatic rings. The van der Waals surface area contributed by atoms with Crippen molar-refractivity contribution in [1.29, 1.82) is 0 Å². The van der Waals surface area contributed by atoms with Crippen molar-refractivity contribution in [2.75, 3.05) is 25.5 Å². The van der Waals surface area contributed by atoms with Gasteiger partial charge in [-0.1, -0.05) is 17.8 Å². The van der Waals surface area contributed by atoms with E-state index >= 15 is 0 Å². The predicted molar refractivity (Wildman–Crippen MR) is 108 cm³/mol. The van der Waals surface area contributed by atoms with Crippen LogP contribution in [0, 0.1) is 0 Å². The van der Waals surface area contributed by atoms with Crippen molar-refractivity contribution in [3.05, 3.63) is 42.2 Å². The molecule has 0 aliphatic carbocycles. The first-order valence-corrected chi connectivity index (χ1v) is 10.5. The molecular formula is C20H22N4O4S. The molecule has 152 valence electrons. The van der Waals surface area contributed by atoms with Gasteiger partial charge in [0.15, 0.2) is 28.2 Å². The molecule has 0 saturated heterocycles. The van der Waals surface area contributed by atoms with Crippen LogP contribution in [0.1, 0.15) is 12.5 Å². The average Bonchev–Trinajstić information content (AvgIpc) is 3.41. The number of aromatic nitrogens is 3. The molecule has 1 N–H and O–H groups in total. The van der Waals surface area contributed by atoms with Crippen LogP contribution in [-0.4, -0.2) is 46.2 Å². The number of hydrogen-bond acceptors (Lipinski definition) is 7. The van der Waals surface area contributed by atoms with Crippen LogP contribution < -0.4 is 14.8 Å². The third-order valence-electron chi connectivity index (χ3n) is 4.45. The lowest BCUT2D eigenvalue weighted by molar-refractivity contribution is -0.118. The molecule has 3 heterocycles. The summed E-state index contributed by atoms with van der Waals surface area (Å²) in [6.45, 7) is 4.39. The summed E-state index contributed by atoms with van der Waals surface area (Å²) in [7, 11) is 0. The summed E-state index contributed by atoms with van der Waals surface area (Å²) >= 11 is 1.36. The molecule has 1 aromatic carbocycles. The van der Waals surface area contributed by atoms with E-state index in [1.165, 1.54) is 11.8 Å². The van der Waals surface area contributed by atoms with Gasteiger partial charge in [0.1, 0.15) is 13.2 Å². The van der Waals surface area contributed by atoms with E-state index < -0.39 is 0 Å². The van der Waals surface area contributed by atoms with Gasteiger partial charge in [0.25, 0.3) is 0 Å². The zero-order valence-electron chi connectivity index (χ0n) is 16.1. The monoisotopic (exact) mass is 414 g/mol. The molecule has 8 nitrogen and oxygen atoms in total. The second-order valence-corrected chi connectivity index (χ2v) is 7.34. The van der Waals surface area contributed by atoms with Crippen molar-refractivity contribution in [2.24, 2.45) is 0 Å². The van der Waals surface area contributed by atoms with Crippen LogP contribution in [-0.2, 0) is 17.8 Å². The SMILES string of the molecule is CCn1c(SCC(=O)NCCc2ccc3c(c2)OCCO3)nnc1-c1ccco1. The Morgan fingerprint density at radius 1 is 1.21 bits per heavy atom. The maximum absolute atomic E-state index is 12.2. The number of benzene rings is 1. The van der Waals surface area contributed by atoms with Gasteiger partial charge in [-0.25, -0.2) is 0 Å². The number of fused-ring (bicyclic) bond motifs is 1. The van der Waals surface area contributed by atoms with Gasteiger partial charge in [-0.2, -0.15) is 0 Å². The lowest BCUT2D eigenvalue weighted by atomic mass is 10.1. The smallest absolute Gasteiger partial charge is 0.230 e. The number of thioether (sulfide) groups is 1. The van der Waals surface area contributed by atoms with Crippen LogP contribution in [0.4, 0.5) is 0 Å². The summed E-state index contributed by atoms with van der Waals surface area (Å²) in [6, 6.07) is 9.53. The molecule has 0 fully saturated rings. The molecule has 4 rings (SSSR count). The van der Waals surface area contributed by atoms with Gasteiger partial charge in [0, 0.05) is 13.1 Å². The Morgan fingerprint density at radius 2 is 2.07 bits per heavy atom. The minimum atomic E-state index is -0.0438. The quantitative estimate of drug-likeness (QED) is 0.567. The van der Waals surface area contributed by atoms with Gasteiger partial charge < -0.3 is 19.2 Å². The lowest BCUT2D eigenvalue weighted by Gasteiger charge is -2.18. The second kappa shape index (κ2) is 9.04. The minimum absolute atomic E-state index is 0.0438. The molecule has 0 radical (unpaired) electrons. The van der Waals surface area contributed by atoms with Gasteiger partial charge >= 0.3 is 0 Å². The average molecular weight is 414 g/mol. The minimum Gasteiger partial charge on any atom is -0.486 e. The number of rotatable bonds is 8. The van der Waals surface area contributed by atoms with Crippen molar-refractivity contribution >= 4 is 17.7 Å². The third kappa shape index (κ3) is 4.56. The highest BCUT2D eigenvalue weighted by molar-refractivity contribution is 7.99. The summed E-state index contributed by atoms with van der Waals surface area (Å²) in [5, 5.41) is 12.0. The van der Waals surface area contributed by atoms with Gasteiger partial charge in [0.2, 0.25) is 5.91 Å². The van der Waals surface area contributed by atoms with Gasteiger partial charge in [-0.05, 0) is 43.2 Å². The molecular weight excluding hydrogens is 392 g/mol. The van der Waals surface area contributed by atoms with Crippen LogP contribution in [0.25, 0.3) is 11.6 Å². The predicted octanol–water partition coefficient (Wildman–Crippen LogP) is 2.78. The van der Waals surface area contributed by atoms with Crippen molar-refractivity contribution < 1.29 is 18.7 Å². The van der Waals surface area contributed by atoms with Crippen LogP contribution >= 0.6 is 11.8 Å². The largest absolute Gasteiger partial charge is 0.486 e. The van der Waals surface area contributed by atoms with E-state index in [0.717, 1.165) is 23.5 Å². The highest BCUT2D eigenvalue weighted by atomic mass is 32.2. The zero-order chi connectivity index (χ0) is 20.1. The van der Waals surface area contributed by atoms with Crippen molar-refractivity contribution in [3.8, 4) is 23.1 Å². The maximum Gasteiger partial charge on any atom is 0.230 e. The van der Waals surface area contributed by atoms with E-state index in [9.17, 15) is 4.79 Å². The summed E-state index contributed by atoms with van der Waals surface area (Å²) < 4.78 is 18.5. The molecule has 0 saturated carbocycles. The van der Waals surface area contributed by atoms with Gasteiger partial charge in [-0.3, -0.25) is 9.36 Å². The molecule has 0 spiro atoms. The Labute approximate surface area is 172 Å². The summed E-state index contributed by atoms with van der Waals surface area (Å²) in [6.07, 6.45) is 2.33. The number of carbonyl (C=O) groups excluding carboxylic acids is 1. The summed E-state index contributed by atoms with van der Waals surface area (Å²) in [5.41, 5.74) is 1.09. The fourth-order valence-corrected chi connectivity index (χ4v) is 3.87. The highest BCUT2D eigenvalue weighted by Gasteiger charge is 2.16. The number of ether oxygens (including phenoxy) is 2. The number of nitrogens with zero attached hydrogens (tertiary/aromatic N) is 3. The molecule has 29 heavy (non-hydrogen) atoms. The van der Waals surface area contributed by atoms with E-state index in [0.29, 0.717) is 43.0 Å². The number of amides is 1. The third-order valence-corrected chi connectivity index (χ3v) is 5.42.